The summed E-state index contributed by atoms with van der Waals surface area (Å²) in [5.74, 6) is -0.525. The average Bonchev–Trinajstić information content (AvgIpc) is 3.33. The number of carbonyl (C=O) groups is 1. The first-order valence-electron chi connectivity index (χ1n) is 9.76. The molecule has 2 N–H and O–H groups in total. The molecule has 164 valence electrons. The second-order valence-corrected chi connectivity index (χ2v) is 7.93. The topological polar surface area (TPSA) is 65.6 Å². The Balaban J connectivity index is 1.55. The first-order valence-corrected chi connectivity index (χ1v) is 10.3. The summed E-state index contributed by atoms with van der Waals surface area (Å²) in [6.07, 6.45) is -4.80. The number of nitrogens with one attached hydrogen (secondary N) is 1. The third kappa shape index (κ3) is 3.40. The van der Waals surface area contributed by atoms with Gasteiger partial charge in [0, 0.05) is 40.7 Å². The average molecular weight is 461 g/mol. The quantitative estimate of drug-likeness (QED) is 0.374. The normalized spacial score (nSPS) is 16.0. The first kappa shape index (κ1) is 20.5. The van der Waals surface area contributed by atoms with Gasteiger partial charge in [0.1, 0.15) is 17.2 Å². The summed E-state index contributed by atoms with van der Waals surface area (Å²) in [6.45, 7) is 0.322. The molecule has 1 aliphatic rings. The van der Waals surface area contributed by atoms with Crippen molar-refractivity contribution in [2.75, 3.05) is 17.3 Å². The molecular weight excluding hydrogens is 445 g/mol. The third-order valence-corrected chi connectivity index (χ3v) is 6.00. The molecule has 0 saturated heterocycles. The number of aromatic nitrogens is 1. The van der Waals surface area contributed by atoms with Gasteiger partial charge >= 0.3 is 6.36 Å². The summed E-state index contributed by atoms with van der Waals surface area (Å²) < 4.78 is 41.5. The van der Waals surface area contributed by atoms with E-state index in [2.05, 4.69) is 9.72 Å². The number of phenols is 1. The van der Waals surface area contributed by atoms with Crippen LogP contribution in [0.15, 0.2) is 54.6 Å². The molecule has 1 amide bonds. The molecular formula is C23H16ClF3N2O3. The summed E-state index contributed by atoms with van der Waals surface area (Å²) in [7, 11) is 0. The molecule has 0 bridgehead atoms. The molecule has 5 nitrogen and oxygen atoms in total. The Hall–Kier alpha value is -3.39. The number of ether oxygens (including phenoxy) is 1. The molecule has 32 heavy (non-hydrogen) atoms. The largest absolute Gasteiger partial charge is 0.573 e. The number of amides is 1. The Labute approximate surface area is 185 Å². The maximum atomic E-state index is 13.4. The molecule has 1 unspecified atom stereocenters. The monoisotopic (exact) mass is 460 g/mol. The van der Waals surface area contributed by atoms with Crippen molar-refractivity contribution in [2.24, 2.45) is 0 Å². The van der Waals surface area contributed by atoms with Crippen molar-refractivity contribution in [3.05, 3.63) is 65.9 Å². The van der Waals surface area contributed by atoms with Gasteiger partial charge < -0.3 is 19.7 Å². The van der Waals surface area contributed by atoms with Crippen LogP contribution in [0.25, 0.3) is 21.7 Å². The van der Waals surface area contributed by atoms with E-state index in [9.17, 15) is 23.1 Å². The van der Waals surface area contributed by atoms with Gasteiger partial charge in [-0.1, -0.05) is 24.3 Å². The number of hydrogen-bond acceptors (Lipinski definition) is 3. The van der Waals surface area contributed by atoms with E-state index < -0.39 is 6.36 Å². The molecule has 1 aliphatic heterocycles. The highest BCUT2D eigenvalue weighted by Gasteiger charge is 2.35. The third-order valence-electron chi connectivity index (χ3n) is 5.63. The summed E-state index contributed by atoms with van der Waals surface area (Å²) in [5, 5.41) is 12.4. The lowest BCUT2D eigenvalue weighted by molar-refractivity contribution is -0.274. The standard InChI is InChI=1S/C23H16ClF3N2O3/c24-10-13-11-29(19-9-20(30)15-3-1-2-4-16(15)21(13)19)22(31)18-8-12-7-14(32-23(25,26)27)5-6-17(12)28-18/h1-9,13,28,30H,10-11H2. The molecule has 0 saturated carbocycles. The van der Waals surface area contributed by atoms with Crippen molar-refractivity contribution < 1.29 is 27.8 Å². The van der Waals surface area contributed by atoms with Crippen LogP contribution >= 0.6 is 11.6 Å². The molecule has 4 aromatic rings. The zero-order chi connectivity index (χ0) is 22.6. The molecule has 0 spiro atoms. The van der Waals surface area contributed by atoms with E-state index in [4.69, 9.17) is 11.6 Å². The minimum absolute atomic E-state index is 0.0537. The molecule has 3 aromatic carbocycles. The summed E-state index contributed by atoms with van der Waals surface area (Å²) in [5.41, 5.74) is 2.16. The molecule has 0 aliphatic carbocycles. The number of rotatable bonds is 3. The van der Waals surface area contributed by atoms with Crippen molar-refractivity contribution >= 4 is 44.9 Å². The second-order valence-electron chi connectivity index (χ2n) is 7.62. The second kappa shape index (κ2) is 7.34. The van der Waals surface area contributed by atoms with E-state index in [1.165, 1.54) is 29.2 Å². The predicted molar refractivity (Wildman–Crippen MR) is 116 cm³/mol. The fraction of sp³-hybridized carbons (Fsp3) is 0.174. The van der Waals surface area contributed by atoms with Crippen LogP contribution in [-0.4, -0.2) is 34.8 Å². The number of benzene rings is 3. The SMILES string of the molecule is O=C(c1cc2cc(OC(F)(F)F)ccc2[nH]1)N1CC(CCl)c2c1cc(O)c1ccccc21. The molecule has 1 atom stereocenters. The molecule has 0 radical (unpaired) electrons. The number of alkyl halides is 4. The van der Waals surface area contributed by atoms with Gasteiger partial charge in [0.2, 0.25) is 0 Å². The van der Waals surface area contributed by atoms with Gasteiger partial charge in [-0.05, 0) is 35.2 Å². The van der Waals surface area contributed by atoms with E-state index in [1.807, 2.05) is 18.2 Å². The molecule has 9 heteroatoms. The number of aromatic hydroxyl groups is 1. The van der Waals surface area contributed by atoms with Crippen LogP contribution in [0.2, 0.25) is 0 Å². The van der Waals surface area contributed by atoms with Gasteiger partial charge in [-0.25, -0.2) is 0 Å². The lowest BCUT2D eigenvalue weighted by Crippen LogP contribution is -2.30. The number of carbonyl (C=O) groups excluding carboxylic acids is 1. The lowest BCUT2D eigenvalue weighted by atomic mass is 9.95. The number of halogens is 4. The van der Waals surface area contributed by atoms with Crippen LogP contribution < -0.4 is 9.64 Å². The van der Waals surface area contributed by atoms with Crippen LogP contribution in [0, 0.1) is 0 Å². The number of fused-ring (bicyclic) bond motifs is 4. The lowest BCUT2D eigenvalue weighted by Gasteiger charge is -2.17. The van der Waals surface area contributed by atoms with E-state index >= 15 is 0 Å². The number of H-pyrrole nitrogens is 1. The summed E-state index contributed by atoms with van der Waals surface area (Å²) in [6, 6.07) is 14.2. The summed E-state index contributed by atoms with van der Waals surface area (Å²) in [4.78, 5) is 17.8. The number of anilines is 1. The van der Waals surface area contributed by atoms with E-state index in [0.717, 1.165) is 10.9 Å². The Morgan fingerprint density at radius 3 is 2.62 bits per heavy atom. The predicted octanol–water partition coefficient (Wildman–Crippen LogP) is 5.91. The van der Waals surface area contributed by atoms with E-state index in [1.54, 1.807) is 12.1 Å². The van der Waals surface area contributed by atoms with Crippen LogP contribution in [0.3, 0.4) is 0 Å². The van der Waals surface area contributed by atoms with Gasteiger partial charge in [0.05, 0.1) is 5.69 Å². The van der Waals surface area contributed by atoms with Gasteiger partial charge in [-0.15, -0.1) is 24.8 Å². The maximum absolute atomic E-state index is 13.4. The highest BCUT2D eigenvalue weighted by molar-refractivity contribution is 6.19. The molecule has 5 rings (SSSR count). The van der Waals surface area contributed by atoms with Gasteiger partial charge in [0.15, 0.2) is 0 Å². The zero-order valence-corrected chi connectivity index (χ0v) is 17.2. The van der Waals surface area contributed by atoms with Gasteiger partial charge in [0.25, 0.3) is 5.91 Å². The van der Waals surface area contributed by atoms with Crippen molar-refractivity contribution in [1.82, 2.24) is 4.98 Å². The van der Waals surface area contributed by atoms with Crippen molar-refractivity contribution in [3.63, 3.8) is 0 Å². The van der Waals surface area contributed by atoms with Crippen molar-refractivity contribution in [1.29, 1.82) is 0 Å². The van der Waals surface area contributed by atoms with Crippen LogP contribution in [-0.2, 0) is 0 Å². The zero-order valence-electron chi connectivity index (χ0n) is 16.4. The van der Waals surface area contributed by atoms with E-state index in [0.29, 0.717) is 28.5 Å². The molecule has 1 aromatic heterocycles. The number of hydrogen-bond donors (Lipinski definition) is 2. The number of nitrogens with zero attached hydrogens (tertiary/aromatic N) is 1. The Kier molecular flexibility index (Phi) is 4.70. The summed E-state index contributed by atoms with van der Waals surface area (Å²) >= 11 is 6.21. The van der Waals surface area contributed by atoms with Crippen LogP contribution in [0.5, 0.6) is 11.5 Å². The Morgan fingerprint density at radius 1 is 1.16 bits per heavy atom. The number of aromatic amines is 1. The van der Waals surface area contributed by atoms with Crippen molar-refractivity contribution in [2.45, 2.75) is 12.3 Å². The van der Waals surface area contributed by atoms with Crippen LogP contribution in [0.1, 0.15) is 22.0 Å². The molecule has 0 fully saturated rings. The smallest absolute Gasteiger partial charge is 0.507 e. The Bertz CT molecular complexity index is 1370. The highest BCUT2D eigenvalue weighted by atomic mass is 35.5. The van der Waals surface area contributed by atoms with Gasteiger partial charge in [-0.2, -0.15) is 0 Å². The Morgan fingerprint density at radius 2 is 1.91 bits per heavy atom. The van der Waals surface area contributed by atoms with E-state index in [-0.39, 0.29) is 34.9 Å². The minimum atomic E-state index is -4.80. The van der Waals surface area contributed by atoms with Crippen molar-refractivity contribution in [3.8, 4) is 11.5 Å². The maximum Gasteiger partial charge on any atom is 0.573 e. The highest BCUT2D eigenvalue weighted by Crippen LogP contribution is 2.45. The first-order chi connectivity index (χ1) is 15.2. The number of phenolic OH excluding ortho intramolecular Hbond substituents is 1. The fourth-order valence-corrected chi connectivity index (χ4v) is 4.57. The fourth-order valence-electron chi connectivity index (χ4n) is 4.31. The van der Waals surface area contributed by atoms with Crippen LogP contribution in [0.4, 0.5) is 18.9 Å². The minimum Gasteiger partial charge on any atom is -0.507 e. The molecule has 2 heterocycles. The van der Waals surface area contributed by atoms with Gasteiger partial charge in [-0.3, -0.25) is 4.79 Å².